The minimum Gasteiger partial charge on any atom is -0.376 e. The standard InChI is InChI=1S/C27H22N6/c1-33(2)19-12-18(15-28-16-19)17-9-10-25-22(13-17)27(32-31-25)26-14-21-20(6-5-8-24(21)30-26)23-7-3-4-11-29-23/h3-16,30H,1-2H3,(H,31,32). The van der Waals surface area contributed by atoms with E-state index in [1.807, 2.05) is 50.9 Å². The highest BCUT2D eigenvalue weighted by Gasteiger charge is 2.15. The molecule has 160 valence electrons. The molecule has 0 aliphatic heterocycles. The number of hydrogen-bond donors (Lipinski definition) is 2. The maximum Gasteiger partial charge on any atom is 0.116 e. The summed E-state index contributed by atoms with van der Waals surface area (Å²) in [5, 5.41) is 10.0. The summed E-state index contributed by atoms with van der Waals surface area (Å²) in [7, 11) is 4.04. The summed E-state index contributed by atoms with van der Waals surface area (Å²) in [4.78, 5) is 14.6. The zero-order valence-electron chi connectivity index (χ0n) is 18.4. The van der Waals surface area contributed by atoms with E-state index in [2.05, 4.69) is 78.6 Å². The second-order valence-corrected chi connectivity index (χ2v) is 8.32. The van der Waals surface area contributed by atoms with Crippen molar-refractivity contribution in [1.82, 2.24) is 25.1 Å². The molecule has 6 nitrogen and oxygen atoms in total. The van der Waals surface area contributed by atoms with Gasteiger partial charge in [0.25, 0.3) is 0 Å². The molecular weight excluding hydrogens is 408 g/mol. The Hall–Kier alpha value is -4.45. The molecule has 0 aliphatic carbocycles. The number of hydrogen-bond acceptors (Lipinski definition) is 4. The van der Waals surface area contributed by atoms with Crippen molar-refractivity contribution in [3.05, 3.63) is 85.3 Å². The van der Waals surface area contributed by atoms with E-state index in [-0.39, 0.29) is 0 Å². The van der Waals surface area contributed by atoms with Gasteiger partial charge in [-0.05, 0) is 48.0 Å². The van der Waals surface area contributed by atoms with Gasteiger partial charge < -0.3 is 9.88 Å². The van der Waals surface area contributed by atoms with Crippen LogP contribution < -0.4 is 4.90 Å². The first-order valence-corrected chi connectivity index (χ1v) is 10.8. The van der Waals surface area contributed by atoms with Crippen LogP contribution in [0.3, 0.4) is 0 Å². The summed E-state index contributed by atoms with van der Waals surface area (Å²) in [5.41, 5.74) is 9.22. The first-order valence-electron chi connectivity index (χ1n) is 10.8. The van der Waals surface area contributed by atoms with Gasteiger partial charge in [0.2, 0.25) is 0 Å². The highest BCUT2D eigenvalue weighted by atomic mass is 15.1. The lowest BCUT2D eigenvalue weighted by atomic mass is 10.0. The molecule has 0 radical (unpaired) electrons. The molecule has 6 rings (SSSR count). The molecule has 0 unspecified atom stereocenters. The first kappa shape index (κ1) is 19.3. The van der Waals surface area contributed by atoms with Crippen LogP contribution >= 0.6 is 0 Å². The number of benzene rings is 2. The predicted octanol–water partition coefficient (Wildman–Crippen LogP) is 5.90. The predicted molar refractivity (Wildman–Crippen MR) is 134 cm³/mol. The molecule has 0 saturated heterocycles. The van der Waals surface area contributed by atoms with Crippen LogP contribution in [0.2, 0.25) is 0 Å². The van der Waals surface area contributed by atoms with E-state index in [1.165, 1.54) is 0 Å². The molecule has 6 heteroatoms. The third kappa shape index (κ3) is 3.32. The second kappa shape index (κ2) is 7.60. The molecule has 33 heavy (non-hydrogen) atoms. The van der Waals surface area contributed by atoms with Crippen molar-refractivity contribution in [2.24, 2.45) is 0 Å². The number of aromatic nitrogens is 5. The summed E-state index contributed by atoms with van der Waals surface area (Å²) in [6, 6.07) is 22.9. The van der Waals surface area contributed by atoms with Gasteiger partial charge in [-0.2, -0.15) is 5.10 Å². The zero-order valence-corrected chi connectivity index (χ0v) is 18.4. The lowest BCUT2D eigenvalue weighted by molar-refractivity contribution is 1.11. The van der Waals surface area contributed by atoms with Gasteiger partial charge in [0.1, 0.15) is 5.69 Å². The topological polar surface area (TPSA) is 73.5 Å². The molecule has 2 N–H and O–H groups in total. The summed E-state index contributed by atoms with van der Waals surface area (Å²) in [6.45, 7) is 0. The zero-order chi connectivity index (χ0) is 22.4. The third-order valence-electron chi connectivity index (χ3n) is 6.00. The molecular formula is C27H22N6. The number of rotatable bonds is 4. The summed E-state index contributed by atoms with van der Waals surface area (Å²) in [6.07, 6.45) is 5.59. The molecule has 6 aromatic rings. The van der Waals surface area contributed by atoms with E-state index in [9.17, 15) is 0 Å². The number of fused-ring (bicyclic) bond motifs is 2. The van der Waals surface area contributed by atoms with Gasteiger partial charge in [0.15, 0.2) is 0 Å². The van der Waals surface area contributed by atoms with Crippen molar-refractivity contribution < 1.29 is 0 Å². The van der Waals surface area contributed by atoms with Crippen LogP contribution in [0.4, 0.5) is 5.69 Å². The van der Waals surface area contributed by atoms with E-state index < -0.39 is 0 Å². The maximum atomic E-state index is 4.65. The fourth-order valence-corrected chi connectivity index (χ4v) is 4.26. The van der Waals surface area contributed by atoms with E-state index in [0.29, 0.717) is 0 Å². The van der Waals surface area contributed by atoms with Crippen molar-refractivity contribution in [3.63, 3.8) is 0 Å². The van der Waals surface area contributed by atoms with E-state index >= 15 is 0 Å². The summed E-state index contributed by atoms with van der Waals surface area (Å²) in [5.74, 6) is 0. The number of anilines is 1. The average Bonchev–Trinajstić information content (AvgIpc) is 3.48. The molecule has 0 amide bonds. The summed E-state index contributed by atoms with van der Waals surface area (Å²) < 4.78 is 0. The van der Waals surface area contributed by atoms with E-state index in [4.69, 9.17) is 0 Å². The van der Waals surface area contributed by atoms with Gasteiger partial charge in [0, 0.05) is 53.9 Å². The SMILES string of the molecule is CN(C)c1cncc(-c2ccc3[nH]nc(-c4cc5c(-c6ccccn6)cccc5[nH]4)c3c2)c1. The lowest BCUT2D eigenvalue weighted by Crippen LogP contribution is -2.08. The fourth-order valence-electron chi connectivity index (χ4n) is 4.26. The van der Waals surface area contributed by atoms with Gasteiger partial charge in [-0.3, -0.25) is 15.1 Å². The monoisotopic (exact) mass is 430 g/mol. The van der Waals surface area contributed by atoms with E-state index in [0.717, 1.165) is 61.3 Å². The Bertz CT molecular complexity index is 1590. The maximum absolute atomic E-state index is 4.65. The average molecular weight is 431 g/mol. The van der Waals surface area contributed by atoms with Crippen LogP contribution in [-0.4, -0.2) is 39.2 Å². The fraction of sp³-hybridized carbons (Fsp3) is 0.0741. The van der Waals surface area contributed by atoms with Crippen LogP contribution in [0.25, 0.3) is 55.6 Å². The van der Waals surface area contributed by atoms with Crippen molar-refractivity contribution >= 4 is 27.5 Å². The van der Waals surface area contributed by atoms with Gasteiger partial charge in [0.05, 0.1) is 28.8 Å². The lowest BCUT2D eigenvalue weighted by Gasteiger charge is -2.13. The van der Waals surface area contributed by atoms with Crippen LogP contribution in [0.15, 0.2) is 85.3 Å². The molecule has 0 atom stereocenters. The molecule has 4 aromatic heterocycles. The van der Waals surface area contributed by atoms with Crippen LogP contribution in [0.1, 0.15) is 0 Å². The number of pyridine rings is 2. The second-order valence-electron chi connectivity index (χ2n) is 8.32. The Kier molecular flexibility index (Phi) is 4.43. The Balaban J connectivity index is 1.48. The third-order valence-corrected chi connectivity index (χ3v) is 6.00. The summed E-state index contributed by atoms with van der Waals surface area (Å²) >= 11 is 0. The minimum absolute atomic E-state index is 0.895. The molecule has 0 bridgehead atoms. The van der Waals surface area contributed by atoms with Crippen LogP contribution in [0, 0.1) is 0 Å². The Morgan fingerprint density at radius 2 is 1.73 bits per heavy atom. The van der Waals surface area contributed by atoms with Crippen LogP contribution in [0.5, 0.6) is 0 Å². The number of nitrogens with one attached hydrogen (secondary N) is 2. The number of nitrogens with zero attached hydrogens (tertiary/aromatic N) is 4. The highest BCUT2D eigenvalue weighted by Crippen LogP contribution is 2.35. The van der Waals surface area contributed by atoms with Gasteiger partial charge in [-0.15, -0.1) is 0 Å². The number of H-pyrrole nitrogens is 2. The van der Waals surface area contributed by atoms with Gasteiger partial charge in [-0.1, -0.05) is 24.3 Å². The molecule has 4 heterocycles. The Morgan fingerprint density at radius 3 is 2.58 bits per heavy atom. The molecule has 0 fully saturated rings. The van der Waals surface area contributed by atoms with Crippen molar-refractivity contribution in [2.45, 2.75) is 0 Å². The number of aromatic amines is 2. The Labute approximate surface area is 191 Å². The van der Waals surface area contributed by atoms with Gasteiger partial charge >= 0.3 is 0 Å². The molecule has 0 spiro atoms. The molecule has 0 aliphatic rings. The molecule has 2 aromatic carbocycles. The smallest absolute Gasteiger partial charge is 0.116 e. The van der Waals surface area contributed by atoms with E-state index in [1.54, 1.807) is 0 Å². The van der Waals surface area contributed by atoms with Crippen molar-refractivity contribution in [2.75, 3.05) is 19.0 Å². The van der Waals surface area contributed by atoms with Crippen LogP contribution in [-0.2, 0) is 0 Å². The van der Waals surface area contributed by atoms with Gasteiger partial charge in [-0.25, -0.2) is 0 Å². The first-order chi connectivity index (χ1) is 16.2. The largest absolute Gasteiger partial charge is 0.376 e. The quantitative estimate of drug-likeness (QED) is 0.365. The highest BCUT2D eigenvalue weighted by molar-refractivity contribution is 6.01. The normalized spacial score (nSPS) is 11.3. The van der Waals surface area contributed by atoms with Crippen molar-refractivity contribution in [3.8, 4) is 33.8 Å². The Morgan fingerprint density at radius 1 is 0.788 bits per heavy atom. The van der Waals surface area contributed by atoms with Crippen molar-refractivity contribution in [1.29, 1.82) is 0 Å². The molecule has 0 saturated carbocycles. The minimum atomic E-state index is 0.895.